The fourth-order valence-electron chi connectivity index (χ4n) is 10.1. The van der Waals surface area contributed by atoms with E-state index in [0.29, 0.717) is 39.3 Å². The molecule has 0 saturated carbocycles. The SMILES string of the molecule is C=CCNC(=O)C1C2C(=O)OC(c3ccccc3)C(c3ccccc3)N2C(c2ccccc2OCCO)C12C(=O)N(C(=O)NC(C)c1ccccc1)c1ccc(C#Cc3ccc(OC)cc3)cc12. The molecule has 2 saturated heterocycles. The Morgan fingerprint density at radius 3 is 2.13 bits per heavy atom. The van der Waals surface area contributed by atoms with Crippen molar-refractivity contribution in [2.75, 3.05) is 31.8 Å². The smallest absolute Gasteiger partial charge is 0.329 e. The summed E-state index contributed by atoms with van der Waals surface area (Å²) >= 11 is 0. The van der Waals surface area contributed by atoms with Crippen LogP contribution in [0.1, 0.15) is 70.1 Å². The van der Waals surface area contributed by atoms with Gasteiger partial charge in [0.2, 0.25) is 11.8 Å². The number of urea groups is 1. The minimum atomic E-state index is -2.05. The number of rotatable bonds is 12. The Morgan fingerprint density at radius 2 is 1.46 bits per heavy atom. The molecule has 0 aliphatic carbocycles. The number of carbonyl (C=O) groups is 4. The summed E-state index contributed by atoms with van der Waals surface area (Å²) in [6.45, 7) is 5.27. The summed E-state index contributed by atoms with van der Waals surface area (Å²) < 4.78 is 18.2. The Kier molecular flexibility index (Phi) is 12.9. The van der Waals surface area contributed by atoms with Crippen LogP contribution in [-0.2, 0) is 24.5 Å². The number of anilines is 1. The zero-order valence-electron chi connectivity index (χ0n) is 37.6. The first-order valence-electron chi connectivity index (χ1n) is 22.5. The van der Waals surface area contributed by atoms with Crippen molar-refractivity contribution in [1.29, 1.82) is 0 Å². The largest absolute Gasteiger partial charge is 0.497 e. The van der Waals surface area contributed by atoms with E-state index in [9.17, 15) is 5.11 Å². The lowest BCUT2D eigenvalue weighted by Crippen LogP contribution is -2.56. The number of carbonyl (C=O) groups excluding carboxylic acids is 4. The van der Waals surface area contributed by atoms with E-state index >= 15 is 19.2 Å². The van der Waals surface area contributed by atoms with E-state index < -0.39 is 65.4 Å². The first kappa shape index (κ1) is 45.2. The second-order valence-corrected chi connectivity index (χ2v) is 16.8. The van der Waals surface area contributed by atoms with Crippen LogP contribution in [0.5, 0.6) is 11.5 Å². The van der Waals surface area contributed by atoms with Crippen molar-refractivity contribution in [3.8, 4) is 23.3 Å². The summed E-state index contributed by atoms with van der Waals surface area (Å²) in [4.78, 5) is 65.5. The maximum atomic E-state index is 16.6. The Labute approximate surface area is 395 Å². The zero-order chi connectivity index (χ0) is 47.4. The molecule has 12 heteroatoms. The lowest BCUT2D eigenvalue weighted by Gasteiger charge is -2.46. The Bertz CT molecular complexity index is 2900. The summed E-state index contributed by atoms with van der Waals surface area (Å²) in [5.41, 5.74) is 2.33. The van der Waals surface area contributed by atoms with E-state index in [2.05, 4.69) is 29.1 Å². The normalized spacial score (nSPS) is 21.9. The molecule has 12 nitrogen and oxygen atoms in total. The van der Waals surface area contributed by atoms with Crippen LogP contribution in [0.25, 0.3) is 0 Å². The van der Waals surface area contributed by atoms with Crippen LogP contribution < -0.4 is 25.0 Å². The minimum absolute atomic E-state index is 0.00994. The van der Waals surface area contributed by atoms with Crippen molar-refractivity contribution >= 4 is 29.5 Å². The molecular weight excluding hydrogens is 857 g/mol. The lowest BCUT2D eigenvalue weighted by molar-refractivity contribution is -0.178. The first-order valence-corrected chi connectivity index (χ1v) is 22.5. The molecule has 68 heavy (non-hydrogen) atoms. The number of amides is 4. The van der Waals surface area contributed by atoms with Gasteiger partial charge in [0.05, 0.1) is 43.4 Å². The third-order valence-electron chi connectivity index (χ3n) is 13.0. The number of fused-ring (bicyclic) bond motifs is 3. The number of hydrogen-bond acceptors (Lipinski definition) is 9. The summed E-state index contributed by atoms with van der Waals surface area (Å²) in [6, 6.07) is 43.1. The molecule has 7 atom stereocenters. The minimum Gasteiger partial charge on any atom is -0.497 e. The molecule has 9 rings (SSSR count). The van der Waals surface area contributed by atoms with E-state index in [-0.39, 0.29) is 25.4 Å². The number of imide groups is 1. The second kappa shape index (κ2) is 19.5. The molecule has 3 N–H and O–H groups in total. The molecule has 1 spiro atoms. The van der Waals surface area contributed by atoms with Gasteiger partial charge in [0.1, 0.15) is 35.7 Å². The summed E-state index contributed by atoms with van der Waals surface area (Å²) in [5.74, 6) is 3.84. The van der Waals surface area contributed by atoms with Crippen molar-refractivity contribution in [2.24, 2.45) is 5.92 Å². The van der Waals surface area contributed by atoms with Crippen molar-refractivity contribution in [2.45, 2.75) is 42.6 Å². The average molecular weight is 907 g/mol. The Morgan fingerprint density at radius 1 is 0.824 bits per heavy atom. The van der Waals surface area contributed by atoms with Gasteiger partial charge in [0, 0.05) is 23.2 Å². The molecule has 342 valence electrons. The van der Waals surface area contributed by atoms with Crippen LogP contribution >= 0.6 is 0 Å². The fraction of sp³-hybridized carbons (Fsp3) is 0.214. The molecule has 2 fully saturated rings. The maximum absolute atomic E-state index is 16.6. The molecule has 3 heterocycles. The van der Waals surface area contributed by atoms with Crippen molar-refractivity contribution in [3.05, 3.63) is 209 Å². The molecule has 4 amide bonds. The average Bonchev–Trinajstić information content (AvgIpc) is 3.83. The van der Waals surface area contributed by atoms with Gasteiger partial charge in [-0.3, -0.25) is 19.3 Å². The number of hydrogen-bond donors (Lipinski definition) is 3. The highest BCUT2D eigenvalue weighted by Gasteiger charge is 2.76. The van der Waals surface area contributed by atoms with E-state index in [0.717, 1.165) is 16.0 Å². The van der Waals surface area contributed by atoms with E-state index in [1.807, 2.05) is 115 Å². The fourth-order valence-corrected chi connectivity index (χ4v) is 10.1. The highest BCUT2D eigenvalue weighted by Crippen LogP contribution is 2.66. The molecular formula is C56H50N4O8. The molecule has 3 aliphatic rings. The zero-order valence-corrected chi connectivity index (χ0v) is 37.6. The van der Waals surface area contributed by atoms with Crippen molar-refractivity contribution in [3.63, 3.8) is 0 Å². The number of para-hydroxylation sites is 1. The van der Waals surface area contributed by atoms with Crippen LogP contribution in [0.15, 0.2) is 170 Å². The number of nitrogens with zero attached hydrogens (tertiary/aromatic N) is 2. The lowest BCUT2D eigenvalue weighted by atomic mass is 9.65. The van der Waals surface area contributed by atoms with E-state index in [4.69, 9.17) is 14.2 Å². The summed E-state index contributed by atoms with van der Waals surface area (Å²) in [6.07, 6.45) is 0.595. The van der Waals surface area contributed by atoms with Gasteiger partial charge in [0.25, 0.3) is 0 Å². The third kappa shape index (κ3) is 8.06. The molecule has 0 radical (unpaired) electrons. The molecule has 7 unspecified atom stereocenters. The van der Waals surface area contributed by atoms with Gasteiger partial charge in [-0.15, -0.1) is 6.58 Å². The van der Waals surface area contributed by atoms with Crippen molar-refractivity contribution < 1.29 is 38.5 Å². The topological polar surface area (TPSA) is 147 Å². The third-order valence-corrected chi connectivity index (χ3v) is 13.0. The van der Waals surface area contributed by atoms with E-state index in [1.165, 1.54) is 6.08 Å². The maximum Gasteiger partial charge on any atom is 0.329 e. The van der Waals surface area contributed by atoms with Gasteiger partial charge in [0.15, 0.2) is 0 Å². The molecule has 6 aromatic rings. The molecule has 0 bridgehead atoms. The van der Waals surface area contributed by atoms with E-state index in [1.54, 1.807) is 61.7 Å². The van der Waals surface area contributed by atoms with Crippen LogP contribution in [0, 0.1) is 17.8 Å². The molecule has 3 aliphatic heterocycles. The number of aliphatic hydroxyl groups excluding tert-OH is 1. The van der Waals surface area contributed by atoms with Gasteiger partial charge in [-0.05, 0) is 77.7 Å². The van der Waals surface area contributed by atoms with Gasteiger partial charge < -0.3 is 30.0 Å². The second-order valence-electron chi connectivity index (χ2n) is 16.8. The number of nitrogens with one attached hydrogen (secondary N) is 2. The van der Waals surface area contributed by atoms with Gasteiger partial charge in [-0.1, -0.05) is 127 Å². The van der Waals surface area contributed by atoms with Crippen LogP contribution in [0.4, 0.5) is 10.5 Å². The number of methoxy groups -OCH3 is 1. The van der Waals surface area contributed by atoms with Crippen LogP contribution in [0.2, 0.25) is 0 Å². The highest BCUT2D eigenvalue weighted by molar-refractivity contribution is 6.24. The predicted octanol–water partition coefficient (Wildman–Crippen LogP) is 7.90. The number of cyclic esters (lactones) is 1. The van der Waals surface area contributed by atoms with Gasteiger partial charge in [-0.2, -0.15) is 0 Å². The van der Waals surface area contributed by atoms with Crippen molar-refractivity contribution in [1.82, 2.24) is 15.5 Å². The monoisotopic (exact) mass is 906 g/mol. The Balaban J connectivity index is 1.35. The number of aliphatic hydroxyl groups is 1. The predicted molar refractivity (Wildman–Crippen MR) is 257 cm³/mol. The standard InChI is InChI=1S/C56H50N4O8/c1-4-32-57-52(62)47-49-53(63)68-50(41-20-12-7-13-21-41)48(40-18-10-6-11-19-40)60(49)51(43-22-14-15-23-46(43)67-34-33-61)56(47)44-35-38(25-24-37-26-29-42(66-3)30-27-37)28-31-45(44)59(54(56)64)55(65)58-36(2)39-16-8-5-9-17-39/h4-23,26-31,35-36,47-51,61H,1,32-34H2,2-3H3,(H,57,62)(H,58,65). The Hall–Kier alpha value is -7.98. The summed E-state index contributed by atoms with van der Waals surface area (Å²) in [5, 5.41) is 16.1. The van der Waals surface area contributed by atoms with Crippen LogP contribution in [0.3, 0.4) is 0 Å². The summed E-state index contributed by atoms with van der Waals surface area (Å²) in [7, 11) is 1.59. The quantitative estimate of drug-likeness (QED) is 0.0634. The number of morpholine rings is 1. The van der Waals surface area contributed by atoms with Gasteiger partial charge in [-0.25, -0.2) is 9.69 Å². The van der Waals surface area contributed by atoms with Gasteiger partial charge >= 0.3 is 12.0 Å². The number of esters is 1. The highest BCUT2D eigenvalue weighted by atomic mass is 16.6. The molecule has 0 aromatic heterocycles. The first-order chi connectivity index (χ1) is 33.2. The molecule has 6 aromatic carbocycles. The number of ether oxygens (including phenoxy) is 3. The number of benzene rings is 6. The van der Waals surface area contributed by atoms with Crippen LogP contribution in [-0.4, -0.2) is 66.7 Å².